The Balaban J connectivity index is 2.12. The molecule has 0 aliphatic heterocycles. The van der Waals surface area contributed by atoms with Crippen LogP contribution in [-0.2, 0) is 20.7 Å². The molecule has 1 aliphatic rings. The van der Waals surface area contributed by atoms with Crippen LogP contribution >= 0.6 is 0 Å². The number of hydrogen-bond donors (Lipinski definition) is 1. The molecule has 32 heavy (non-hydrogen) atoms. The molecule has 0 bridgehead atoms. The van der Waals surface area contributed by atoms with Gasteiger partial charge in [0.2, 0.25) is 0 Å². The molecule has 1 aliphatic carbocycles. The van der Waals surface area contributed by atoms with Crippen LogP contribution in [0.5, 0.6) is 0 Å². The highest BCUT2D eigenvalue weighted by Crippen LogP contribution is 2.35. The van der Waals surface area contributed by atoms with Gasteiger partial charge in [0.05, 0.1) is 6.42 Å². The van der Waals surface area contributed by atoms with Crippen molar-refractivity contribution in [2.75, 3.05) is 0 Å². The van der Waals surface area contributed by atoms with Crippen LogP contribution in [-0.4, -0.2) is 29.8 Å². The van der Waals surface area contributed by atoms with Crippen molar-refractivity contribution >= 4 is 12.1 Å². The zero-order chi connectivity index (χ0) is 24.1. The molecule has 0 spiro atoms. The summed E-state index contributed by atoms with van der Waals surface area (Å²) in [5.74, 6) is -0.509. The van der Waals surface area contributed by atoms with E-state index in [-0.39, 0.29) is 30.4 Å². The minimum atomic E-state index is -0.799. The minimum Gasteiger partial charge on any atom is -0.462 e. The molecule has 1 amide bonds. The second kappa shape index (κ2) is 11.1. The number of carbonyl (C=O) groups excluding carboxylic acids is 2. The van der Waals surface area contributed by atoms with Crippen LogP contribution in [0.2, 0.25) is 0 Å². The van der Waals surface area contributed by atoms with Crippen LogP contribution in [0.3, 0.4) is 0 Å². The fourth-order valence-electron chi connectivity index (χ4n) is 4.28. The highest BCUT2D eigenvalue weighted by molar-refractivity contribution is 5.73. The lowest BCUT2D eigenvalue weighted by atomic mass is 9.75. The molecular weight excluding hydrogens is 416 g/mol. The molecule has 1 saturated carbocycles. The summed E-state index contributed by atoms with van der Waals surface area (Å²) in [4.78, 5) is 25.1. The molecule has 0 saturated heterocycles. The molecule has 1 aromatic rings. The predicted octanol–water partition coefficient (Wildman–Crippen LogP) is 5.79. The summed E-state index contributed by atoms with van der Waals surface area (Å²) in [5.41, 5.74) is -0.660. The third-order valence-electron chi connectivity index (χ3n) is 5.85. The standard InChI is InChI=1S/C25H37F2NO4/c1-15(2)20-9-7-16(3)11-22(20)31-23(29)14-19(28-24(30)32-25(4,5)6)13-17-12-18(26)8-10-21(17)27/h8,10,12,15-16,19-20,22H,7,9,11,13-14H2,1-6H3,(H,28,30)/t16-,19?,20+,22?/m1/s1. The Labute approximate surface area is 190 Å². The molecular formula is C25H37F2NO4. The van der Waals surface area contributed by atoms with Crippen molar-refractivity contribution in [3.05, 3.63) is 35.4 Å². The molecule has 180 valence electrons. The Hall–Kier alpha value is -2.18. The number of benzene rings is 1. The van der Waals surface area contributed by atoms with Gasteiger partial charge in [-0.15, -0.1) is 0 Å². The van der Waals surface area contributed by atoms with Crippen LogP contribution in [0.4, 0.5) is 13.6 Å². The van der Waals surface area contributed by atoms with E-state index in [0.29, 0.717) is 11.8 Å². The minimum absolute atomic E-state index is 0.0629. The van der Waals surface area contributed by atoms with Gasteiger partial charge in [-0.25, -0.2) is 13.6 Å². The number of hydrogen-bond acceptors (Lipinski definition) is 4. The summed E-state index contributed by atoms with van der Waals surface area (Å²) in [6.07, 6.45) is 1.79. The number of halogens is 2. The highest BCUT2D eigenvalue weighted by atomic mass is 19.1. The van der Waals surface area contributed by atoms with Crippen molar-refractivity contribution in [3.63, 3.8) is 0 Å². The van der Waals surface area contributed by atoms with Gasteiger partial charge in [-0.05, 0) is 81.5 Å². The van der Waals surface area contributed by atoms with Gasteiger partial charge < -0.3 is 14.8 Å². The summed E-state index contributed by atoms with van der Waals surface area (Å²) in [5, 5.41) is 2.63. The van der Waals surface area contributed by atoms with Crippen LogP contribution in [0.1, 0.15) is 72.8 Å². The highest BCUT2D eigenvalue weighted by Gasteiger charge is 2.34. The van der Waals surface area contributed by atoms with Crippen LogP contribution < -0.4 is 5.32 Å². The van der Waals surface area contributed by atoms with Gasteiger partial charge in [0.25, 0.3) is 0 Å². The number of esters is 1. The van der Waals surface area contributed by atoms with Gasteiger partial charge in [0.15, 0.2) is 0 Å². The first-order valence-corrected chi connectivity index (χ1v) is 11.5. The third-order valence-corrected chi connectivity index (χ3v) is 5.85. The Morgan fingerprint density at radius 2 is 1.88 bits per heavy atom. The summed E-state index contributed by atoms with van der Waals surface area (Å²) < 4.78 is 39.0. The fraction of sp³-hybridized carbons (Fsp3) is 0.680. The first-order valence-electron chi connectivity index (χ1n) is 11.5. The van der Waals surface area contributed by atoms with E-state index in [4.69, 9.17) is 9.47 Å². The van der Waals surface area contributed by atoms with Gasteiger partial charge in [-0.2, -0.15) is 0 Å². The van der Waals surface area contributed by atoms with Gasteiger partial charge >= 0.3 is 12.1 Å². The summed E-state index contributed by atoms with van der Waals surface area (Å²) in [6.45, 7) is 11.6. The molecule has 1 fully saturated rings. The molecule has 2 unspecified atom stereocenters. The maximum atomic E-state index is 14.2. The maximum Gasteiger partial charge on any atom is 0.407 e. The quantitative estimate of drug-likeness (QED) is 0.531. The van der Waals surface area contributed by atoms with Gasteiger partial charge in [-0.1, -0.05) is 27.2 Å². The first-order chi connectivity index (χ1) is 14.8. The molecule has 0 heterocycles. The van der Waals surface area contributed by atoms with Crippen molar-refractivity contribution in [2.24, 2.45) is 17.8 Å². The Morgan fingerprint density at radius 3 is 2.50 bits per heavy atom. The van der Waals surface area contributed by atoms with Crippen molar-refractivity contribution in [1.29, 1.82) is 0 Å². The lowest BCUT2D eigenvalue weighted by Gasteiger charge is -2.37. The van der Waals surface area contributed by atoms with E-state index < -0.39 is 35.3 Å². The van der Waals surface area contributed by atoms with Gasteiger partial charge in [0, 0.05) is 6.04 Å². The van der Waals surface area contributed by atoms with Crippen LogP contribution in [0.25, 0.3) is 0 Å². The molecule has 1 N–H and O–H groups in total. The smallest absolute Gasteiger partial charge is 0.407 e. The van der Waals surface area contributed by atoms with E-state index in [1.807, 2.05) is 0 Å². The van der Waals surface area contributed by atoms with E-state index in [1.54, 1.807) is 20.8 Å². The lowest BCUT2D eigenvalue weighted by molar-refractivity contribution is -0.156. The molecule has 0 aromatic heterocycles. The van der Waals surface area contributed by atoms with Crippen molar-refractivity contribution in [1.82, 2.24) is 5.32 Å². The van der Waals surface area contributed by atoms with Crippen LogP contribution in [0, 0.1) is 29.4 Å². The van der Waals surface area contributed by atoms with Crippen LogP contribution in [0.15, 0.2) is 18.2 Å². The molecule has 0 radical (unpaired) electrons. The average Bonchev–Trinajstić information content (AvgIpc) is 2.62. The number of nitrogens with one attached hydrogen (secondary N) is 1. The fourth-order valence-corrected chi connectivity index (χ4v) is 4.28. The topological polar surface area (TPSA) is 64.6 Å². The second-order valence-electron chi connectivity index (χ2n) is 10.3. The lowest BCUT2D eigenvalue weighted by Crippen LogP contribution is -2.43. The summed E-state index contributed by atoms with van der Waals surface area (Å²) >= 11 is 0. The molecule has 1 aromatic carbocycles. The molecule has 7 heteroatoms. The zero-order valence-electron chi connectivity index (χ0n) is 20.0. The maximum absolute atomic E-state index is 14.2. The van der Waals surface area contributed by atoms with E-state index >= 15 is 0 Å². The van der Waals surface area contributed by atoms with E-state index in [9.17, 15) is 18.4 Å². The Kier molecular flexibility index (Phi) is 9.05. The number of carbonyl (C=O) groups is 2. The summed E-state index contributed by atoms with van der Waals surface area (Å²) in [6, 6.07) is 2.33. The molecule has 2 rings (SSSR count). The van der Waals surface area contributed by atoms with E-state index in [1.165, 1.54) is 0 Å². The SMILES string of the molecule is CC(C)[C@@H]1CC[C@@H](C)CC1OC(=O)CC(Cc1cc(F)ccc1F)NC(=O)OC(C)(C)C. The molecule has 4 atom stereocenters. The number of ether oxygens (including phenoxy) is 2. The van der Waals surface area contributed by atoms with Gasteiger partial charge in [0.1, 0.15) is 23.3 Å². The normalized spacial score (nSPS) is 22.3. The third kappa shape index (κ3) is 8.40. The second-order valence-corrected chi connectivity index (χ2v) is 10.3. The van der Waals surface area contributed by atoms with E-state index in [2.05, 4.69) is 26.1 Å². The first kappa shape index (κ1) is 26.1. The van der Waals surface area contributed by atoms with Crippen molar-refractivity contribution < 1.29 is 27.8 Å². The average molecular weight is 454 g/mol. The summed E-state index contributed by atoms with van der Waals surface area (Å²) in [7, 11) is 0. The number of alkyl carbamates (subject to hydrolysis) is 1. The number of rotatable bonds is 7. The van der Waals surface area contributed by atoms with Crippen molar-refractivity contribution in [3.8, 4) is 0 Å². The zero-order valence-corrected chi connectivity index (χ0v) is 20.0. The Morgan fingerprint density at radius 1 is 1.19 bits per heavy atom. The predicted molar refractivity (Wildman–Crippen MR) is 119 cm³/mol. The van der Waals surface area contributed by atoms with Gasteiger partial charge in [-0.3, -0.25) is 4.79 Å². The Bertz CT molecular complexity index is 791. The monoisotopic (exact) mass is 453 g/mol. The number of amides is 1. The largest absolute Gasteiger partial charge is 0.462 e. The van der Waals surface area contributed by atoms with E-state index in [0.717, 1.165) is 37.5 Å². The van der Waals surface area contributed by atoms with Crippen molar-refractivity contribution in [2.45, 2.75) is 91.4 Å². The molecule has 5 nitrogen and oxygen atoms in total.